The molecule has 1 saturated heterocycles. The summed E-state index contributed by atoms with van der Waals surface area (Å²) in [6.07, 6.45) is 1.70. The quantitative estimate of drug-likeness (QED) is 0.707. The van der Waals surface area contributed by atoms with Gasteiger partial charge < -0.3 is 14.2 Å². The van der Waals surface area contributed by atoms with Gasteiger partial charge in [0.1, 0.15) is 16.4 Å². The molecule has 0 amide bonds. The lowest BCUT2D eigenvalue weighted by Gasteiger charge is -2.25. The van der Waals surface area contributed by atoms with Crippen molar-refractivity contribution in [3.05, 3.63) is 18.2 Å². The summed E-state index contributed by atoms with van der Waals surface area (Å²) >= 11 is 0. The van der Waals surface area contributed by atoms with Crippen LogP contribution >= 0.6 is 0 Å². The van der Waals surface area contributed by atoms with Gasteiger partial charge in [0, 0.05) is 32.2 Å². The minimum absolute atomic E-state index is 0.0280. The van der Waals surface area contributed by atoms with Crippen LogP contribution in [-0.2, 0) is 14.8 Å². The Morgan fingerprint density at radius 1 is 1.38 bits per heavy atom. The molecule has 7 nitrogen and oxygen atoms in total. The van der Waals surface area contributed by atoms with Crippen molar-refractivity contribution in [2.75, 3.05) is 33.9 Å². The fraction of sp³-hybridized carbons (Fsp3) is 0.562. The van der Waals surface area contributed by atoms with Crippen LogP contribution in [0.1, 0.15) is 19.3 Å². The summed E-state index contributed by atoms with van der Waals surface area (Å²) < 4.78 is 43.4. The number of ether oxygens (including phenoxy) is 3. The molecule has 0 saturated carbocycles. The Balaban J connectivity index is 2.36. The standard InChI is InChI=1S/C16H22N2O5S/c1-21-13-6-7-15(22-2)16(11-13)24(19,20)18(9-4-8-17)12-14-5-3-10-23-14/h6-7,11,14H,3-5,9-10,12H2,1-2H3. The Morgan fingerprint density at radius 2 is 2.17 bits per heavy atom. The van der Waals surface area contributed by atoms with Gasteiger partial charge in [0.05, 0.1) is 26.4 Å². The molecule has 0 spiro atoms. The van der Waals surface area contributed by atoms with Gasteiger partial charge in [0.15, 0.2) is 0 Å². The van der Waals surface area contributed by atoms with E-state index in [1.807, 2.05) is 6.07 Å². The predicted octanol–water partition coefficient (Wildman–Crippen LogP) is 1.79. The molecule has 0 radical (unpaired) electrons. The van der Waals surface area contributed by atoms with Gasteiger partial charge in [-0.25, -0.2) is 8.42 Å². The van der Waals surface area contributed by atoms with E-state index in [0.717, 1.165) is 12.8 Å². The Labute approximate surface area is 142 Å². The highest BCUT2D eigenvalue weighted by atomic mass is 32.2. The van der Waals surface area contributed by atoms with Crippen molar-refractivity contribution in [2.45, 2.75) is 30.3 Å². The van der Waals surface area contributed by atoms with E-state index < -0.39 is 10.0 Å². The summed E-state index contributed by atoms with van der Waals surface area (Å²) in [6.45, 7) is 0.975. The number of hydrogen-bond donors (Lipinski definition) is 0. The van der Waals surface area contributed by atoms with Crippen molar-refractivity contribution < 1.29 is 22.6 Å². The Kier molecular flexibility index (Phi) is 6.43. The van der Waals surface area contributed by atoms with Crippen molar-refractivity contribution in [1.29, 1.82) is 5.26 Å². The number of hydrogen-bond acceptors (Lipinski definition) is 6. The van der Waals surface area contributed by atoms with E-state index in [2.05, 4.69) is 0 Å². The number of rotatable bonds is 8. The molecule has 2 rings (SSSR count). The summed E-state index contributed by atoms with van der Waals surface area (Å²) in [5.41, 5.74) is 0. The first-order valence-electron chi connectivity index (χ1n) is 7.73. The number of nitrogens with zero attached hydrogens (tertiary/aromatic N) is 2. The summed E-state index contributed by atoms with van der Waals surface area (Å²) in [7, 11) is -0.951. The van der Waals surface area contributed by atoms with Crippen molar-refractivity contribution >= 4 is 10.0 Å². The Bertz CT molecular complexity index is 693. The monoisotopic (exact) mass is 354 g/mol. The third-order valence-corrected chi connectivity index (χ3v) is 5.78. The largest absolute Gasteiger partial charge is 0.497 e. The predicted molar refractivity (Wildman–Crippen MR) is 87.5 cm³/mol. The summed E-state index contributed by atoms with van der Waals surface area (Å²) in [6, 6.07) is 6.62. The van der Waals surface area contributed by atoms with Crippen molar-refractivity contribution in [1.82, 2.24) is 4.31 Å². The van der Waals surface area contributed by atoms with Crippen LogP contribution in [0.4, 0.5) is 0 Å². The van der Waals surface area contributed by atoms with Gasteiger partial charge in [-0.05, 0) is 25.0 Å². The van der Waals surface area contributed by atoms with Crippen LogP contribution < -0.4 is 9.47 Å². The molecule has 0 aromatic heterocycles. The van der Waals surface area contributed by atoms with E-state index in [1.165, 1.54) is 24.6 Å². The zero-order valence-corrected chi connectivity index (χ0v) is 14.7. The van der Waals surface area contributed by atoms with Gasteiger partial charge >= 0.3 is 0 Å². The van der Waals surface area contributed by atoms with Crippen molar-refractivity contribution in [3.8, 4) is 17.6 Å². The molecule has 1 fully saturated rings. The topological polar surface area (TPSA) is 88.9 Å². The molecule has 1 aliphatic rings. The lowest BCUT2D eigenvalue weighted by atomic mass is 10.2. The number of sulfonamides is 1. The number of benzene rings is 1. The van der Waals surface area contributed by atoms with Crippen LogP contribution in [0.2, 0.25) is 0 Å². The van der Waals surface area contributed by atoms with E-state index in [4.69, 9.17) is 19.5 Å². The first-order chi connectivity index (χ1) is 11.5. The normalized spacial score (nSPS) is 17.7. The van der Waals surface area contributed by atoms with E-state index in [0.29, 0.717) is 12.4 Å². The second-order valence-corrected chi connectivity index (χ2v) is 7.33. The van der Waals surface area contributed by atoms with Crippen LogP contribution in [-0.4, -0.2) is 52.7 Å². The van der Waals surface area contributed by atoms with Gasteiger partial charge in [-0.2, -0.15) is 9.57 Å². The molecular formula is C16H22N2O5S. The van der Waals surface area contributed by atoms with E-state index in [9.17, 15) is 8.42 Å². The third kappa shape index (κ3) is 4.17. The summed E-state index contributed by atoms with van der Waals surface area (Å²) in [5.74, 6) is 0.664. The molecule has 1 heterocycles. The first-order valence-corrected chi connectivity index (χ1v) is 9.17. The average Bonchev–Trinajstić information content (AvgIpc) is 3.10. The van der Waals surface area contributed by atoms with E-state index in [-0.39, 0.29) is 36.3 Å². The molecule has 8 heteroatoms. The van der Waals surface area contributed by atoms with Crippen LogP contribution in [0, 0.1) is 11.3 Å². The molecule has 0 bridgehead atoms. The zero-order valence-electron chi connectivity index (χ0n) is 13.9. The molecule has 1 aromatic rings. The van der Waals surface area contributed by atoms with E-state index >= 15 is 0 Å². The summed E-state index contributed by atoms with van der Waals surface area (Å²) in [4.78, 5) is 0.0280. The van der Waals surface area contributed by atoms with Crippen LogP contribution in [0.5, 0.6) is 11.5 Å². The highest BCUT2D eigenvalue weighted by Gasteiger charge is 2.31. The fourth-order valence-electron chi connectivity index (χ4n) is 2.62. The Hall–Kier alpha value is -1.82. The molecular weight excluding hydrogens is 332 g/mol. The summed E-state index contributed by atoms with van der Waals surface area (Å²) in [5, 5.41) is 8.85. The second kappa shape index (κ2) is 8.33. The van der Waals surface area contributed by atoms with Crippen molar-refractivity contribution in [3.63, 3.8) is 0 Å². The lowest BCUT2D eigenvalue weighted by Crippen LogP contribution is -2.38. The second-order valence-electron chi connectivity index (χ2n) is 5.42. The molecule has 1 aromatic carbocycles. The van der Waals surface area contributed by atoms with Gasteiger partial charge in [-0.15, -0.1) is 0 Å². The van der Waals surface area contributed by atoms with Crippen LogP contribution in [0.3, 0.4) is 0 Å². The molecule has 24 heavy (non-hydrogen) atoms. The van der Waals surface area contributed by atoms with Gasteiger partial charge in [0.25, 0.3) is 0 Å². The number of methoxy groups -OCH3 is 2. The first kappa shape index (κ1) is 18.5. The third-order valence-electron chi connectivity index (χ3n) is 3.89. The molecule has 0 aliphatic carbocycles. The SMILES string of the molecule is COc1ccc(OC)c(S(=O)(=O)N(CCC#N)CC2CCCO2)c1. The minimum atomic E-state index is -3.84. The maximum Gasteiger partial charge on any atom is 0.247 e. The fourth-order valence-corrected chi connectivity index (χ4v) is 4.27. The van der Waals surface area contributed by atoms with Crippen molar-refractivity contribution in [2.24, 2.45) is 0 Å². The molecule has 0 N–H and O–H groups in total. The molecule has 1 atom stereocenters. The van der Waals surface area contributed by atoms with Gasteiger partial charge in [-0.1, -0.05) is 0 Å². The zero-order chi connectivity index (χ0) is 17.6. The Morgan fingerprint density at radius 3 is 2.75 bits per heavy atom. The molecule has 1 unspecified atom stereocenters. The van der Waals surface area contributed by atoms with E-state index in [1.54, 1.807) is 12.1 Å². The highest BCUT2D eigenvalue weighted by Crippen LogP contribution is 2.31. The smallest absolute Gasteiger partial charge is 0.247 e. The highest BCUT2D eigenvalue weighted by molar-refractivity contribution is 7.89. The average molecular weight is 354 g/mol. The maximum atomic E-state index is 13.1. The number of nitriles is 1. The van der Waals surface area contributed by atoms with Crippen LogP contribution in [0.15, 0.2) is 23.1 Å². The molecule has 132 valence electrons. The van der Waals surface area contributed by atoms with Gasteiger partial charge in [-0.3, -0.25) is 0 Å². The maximum absolute atomic E-state index is 13.1. The molecule has 1 aliphatic heterocycles. The van der Waals surface area contributed by atoms with Gasteiger partial charge in [0.2, 0.25) is 10.0 Å². The lowest BCUT2D eigenvalue weighted by molar-refractivity contribution is 0.0941. The van der Waals surface area contributed by atoms with Crippen LogP contribution in [0.25, 0.3) is 0 Å². The minimum Gasteiger partial charge on any atom is -0.497 e.